The van der Waals surface area contributed by atoms with Crippen molar-refractivity contribution in [3.8, 4) is 0 Å². The van der Waals surface area contributed by atoms with E-state index in [4.69, 9.17) is 9.57 Å². The fourth-order valence-electron chi connectivity index (χ4n) is 4.31. The van der Waals surface area contributed by atoms with Gasteiger partial charge in [-0.25, -0.2) is 14.7 Å². The Balaban J connectivity index is 2.48. The van der Waals surface area contributed by atoms with Gasteiger partial charge in [0.25, 0.3) is 11.5 Å². The van der Waals surface area contributed by atoms with Crippen LogP contribution >= 0.6 is 11.3 Å². The molecule has 184 valence electrons. The van der Waals surface area contributed by atoms with Crippen molar-refractivity contribution in [3.63, 3.8) is 0 Å². The maximum atomic E-state index is 13.5. The first-order valence-corrected chi connectivity index (χ1v) is 11.6. The molecular formula is C23H30N4O6S. The van der Waals surface area contributed by atoms with Crippen LogP contribution in [0.3, 0.4) is 0 Å². The summed E-state index contributed by atoms with van der Waals surface area (Å²) in [5.41, 5.74) is 1.53. The summed E-state index contributed by atoms with van der Waals surface area (Å²) in [6.45, 7) is 7.73. The second-order valence-electron chi connectivity index (χ2n) is 8.66. The van der Waals surface area contributed by atoms with Gasteiger partial charge in [0, 0.05) is 36.3 Å². The van der Waals surface area contributed by atoms with Gasteiger partial charge >= 0.3 is 11.7 Å². The number of aryl methyl sites for hydroxylation is 2. The number of hydrogen-bond donors (Lipinski definition) is 2. The van der Waals surface area contributed by atoms with Crippen LogP contribution in [0, 0.1) is 19.8 Å². The lowest BCUT2D eigenvalue weighted by Gasteiger charge is -2.22. The number of aromatic amines is 2. The number of rotatable bonds is 7. The van der Waals surface area contributed by atoms with Crippen LogP contribution in [0.1, 0.15) is 68.7 Å². The van der Waals surface area contributed by atoms with E-state index in [1.165, 1.54) is 39.7 Å². The molecule has 1 amide bonds. The van der Waals surface area contributed by atoms with Crippen molar-refractivity contribution in [1.29, 1.82) is 0 Å². The zero-order chi connectivity index (χ0) is 25.5. The maximum Gasteiger partial charge on any atom is 0.339 e. The number of H-pyrrole nitrogens is 2. The van der Waals surface area contributed by atoms with E-state index in [9.17, 15) is 19.2 Å². The molecule has 0 aliphatic heterocycles. The van der Waals surface area contributed by atoms with Crippen molar-refractivity contribution in [2.45, 2.75) is 40.0 Å². The van der Waals surface area contributed by atoms with Crippen molar-refractivity contribution in [2.24, 2.45) is 13.0 Å². The van der Waals surface area contributed by atoms with Gasteiger partial charge in [-0.2, -0.15) is 0 Å². The number of aromatic nitrogens is 3. The van der Waals surface area contributed by atoms with E-state index in [1.807, 2.05) is 20.8 Å². The first-order chi connectivity index (χ1) is 15.9. The van der Waals surface area contributed by atoms with Gasteiger partial charge in [0.15, 0.2) is 0 Å². The molecule has 3 heterocycles. The molecule has 2 N–H and O–H groups in total. The molecule has 34 heavy (non-hydrogen) atoms. The smallest absolute Gasteiger partial charge is 0.339 e. The zero-order valence-corrected chi connectivity index (χ0v) is 21.4. The monoisotopic (exact) mass is 490 g/mol. The van der Waals surface area contributed by atoms with Crippen LogP contribution in [0.5, 0.6) is 0 Å². The molecule has 3 aromatic rings. The molecule has 0 fully saturated rings. The molecule has 0 spiro atoms. The lowest BCUT2D eigenvalue weighted by atomic mass is 9.84. The molecule has 0 aliphatic carbocycles. The third kappa shape index (κ3) is 4.21. The Bertz CT molecular complexity index is 1380. The molecule has 1 atom stereocenters. The number of hydrogen-bond acceptors (Lipinski definition) is 7. The summed E-state index contributed by atoms with van der Waals surface area (Å²) < 4.78 is 5.99. The number of esters is 1. The standard InChI is InChI=1S/C23H30N4O6S/c1-10(2)9-13(14-11(3)24-12(4)15(14)22(30)32-7)18-16(21(29)27(6)33-8)17-19(34-18)25-23(31)26(5)20(17)28/h10,13,24H,9H2,1-8H3,(H,25,31). The Morgan fingerprint density at radius 1 is 1.09 bits per heavy atom. The van der Waals surface area contributed by atoms with E-state index in [0.29, 0.717) is 32.9 Å². The molecular weight excluding hydrogens is 460 g/mol. The highest BCUT2D eigenvalue weighted by Gasteiger charge is 2.35. The van der Waals surface area contributed by atoms with Crippen LogP contribution < -0.4 is 11.2 Å². The van der Waals surface area contributed by atoms with Crippen molar-refractivity contribution in [2.75, 3.05) is 21.3 Å². The molecule has 11 heteroatoms. The minimum absolute atomic E-state index is 0.120. The molecule has 3 aromatic heterocycles. The third-order valence-electron chi connectivity index (χ3n) is 5.94. The lowest BCUT2D eigenvalue weighted by Crippen LogP contribution is -2.34. The average molecular weight is 491 g/mol. The van der Waals surface area contributed by atoms with Crippen LogP contribution in [-0.2, 0) is 16.6 Å². The normalized spacial score (nSPS) is 12.4. The van der Waals surface area contributed by atoms with Gasteiger partial charge in [0.2, 0.25) is 0 Å². The van der Waals surface area contributed by atoms with Crippen molar-refractivity contribution < 1.29 is 19.2 Å². The second-order valence-corrected chi connectivity index (χ2v) is 9.71. The Labute approximate surface area is 200 Å². The summed E-state index contributed by atoms with van der Waals surface area (Å²) in [6, 6.07) is 0. The Morgan fingerprint density at radius 3 is 2.29 bits per heavy atom. The van der Waals surface area contributed by atoms with Gasteiger partial charge in [-0.15, -0.1) is 11.3 Å². The van der Waals surface area contributed by atoms with Crippen molar-refractivity contribution in [1.82, 2.24) is 19.6 Å². The van der Waals surface area contributed by atoms with E-state index < -0.39 is 29.0 Å². The highest BCUT2D eigenvalue weighted by molar-refractivity contribution is 7.19. The number of hydroxylamine groups is 2. The summed E-state index contributed by atoms with van der Waals surface area (Å²) in [5, 5.41) is 1.16. The molecule has 1 unspecified atom stereocenters. The maximum absolute atomic E-state index is 13.5. The largest absolute Gasteiger partial charge is 0.465 e. The molecule has 0 saturated carbocycles. The second kappa shape index (κ2) is 9.59. The van der Waals surface area contributed by atoms with E-state index in [1.54, 1.807) is 6.92 Å². The van der Waals surface area contributed by atoms with Crippen LogP contribution in [0.25, 0.3) is 10.2 Å². The minimum Gasteiger partial charge on any atom is -0.465 e. The number of amides is 1. The molecule has 10 nitrogen and oxygen atoms in total. The molecule has 3 rings (SSSR count). The zero-order valence-electron chi connectivity index (χ0n) is 20.6. The quantitative estimate of drug-likeness (QED) is 0.387. The summed E-state index contributed by atoms with van der Waals surface area (Å²) >= 11 is 1.17. The summed E-state index contributed by atoms with van der Waals surface area (Å²) in [6.07, 6.45) is 0.580. The Kier molecular flexibility index (Phi) is 7.18. The van der Waals surface area contributed by atoms with E-state index in [2.05, 4.69) is 9.97 Å². The first-order valence-electron chi connectivity index (χ1n) is 10.8. The van der Waals surface area contributed by atoms with Crippen molar-refractivity contribution >= 4 is 33.4 Å². The van der Waals surface area contributed by atoms with Crippen LogP contribution in [-0.4, -0.2) is 52.7 Å². The minimum atomic E-state index is -0.576. The first kappa shape index (κ1) is 25.4. The number of ether oxygens (including phenoxy) is 1. The molecule has 0 radical (unpaired) electrons. The van der Waals surface area contributed by atoms with Crippen molar-refractivity contribution in [3.05, 3.63) is 53.8 Å². The number of fused-ring (bicyclic) bond motifs is 1. The van der Waals surface area contributed by atoms with E-state index >= 15 is 0 Å². The van der Waals surface area contributed by atoms with Gasteiger partial charge in [0.1, 0.15) is 4.83 Å². The number of nitrogens with zero attached hydrogens (tertiary/aromatic N) is 2. The SMILES string of the molecule is COC(=O)c1c(C)[nH]c(C)c1C(CC(C)C)c1sc2[nH]c(=O)n(C)c(=O)c2c1C(=O)N(C)OC. The van der Waals surface area contributed by atoms with E-state index in [0.717, 1.165) is 15.3 Å². The summed E-state index contributed by atoms with van der Waals surface area (Å²) in [4.78, 5) is 63.6. The summed E-state index contributed by atoms with van der Waals surface area (Å²) in [7, 11) is 5.48. The predicted molar refractivity (Wildman–Crippen MR) is 130 cm³/mol. The van der Waals surface area contributed by atoms with Crippen LogP contribution in [0.2, 0.25) is 0 Å². The molecule has 0 bridgehead atoms. The number of carbonyl (C=O) groups is 2. The number of carbonyl (C=O) groups excluding carboxylic acids is 2. The van der Waals surface area contributed by atoms with E-state index in [-0.39, 0.29) is 16.9 Å². The number of methoxy groups -OCH3 is 1. The fourth-order valence-corrected chi connectivity index (χ4v) is 5.61. The number of nitrogens with one attached hydrogen (secondary N) is 2. The molecule has 0 saturated heterocycles. The molecule has 0 aliphatic rings. The average Bonchev–Trinajstić information content (AvgIpc) is 3.30. The van der Waals surface area contributed by atoms with Gasteiger partial charge in [-0.1, -0.05) is 13.8 Å². The van der Waals surface area contributed by atoms with Gasteiger partial charge in [-0.05, 0) is 31.7 Å². The third-order valence-corrected chi connectivity index (χ3v) is 7.16. The Morgan fingerprint density at radius 2 is 1.74 bits per heavy atom. The van der Waals surface area contributed by atoms with Gasteiger partial charge < -0.3 is 9.72 Å². The lowest BCUT2D eigenvalue weighted by molar-refractivity contribution is -0.0756. The Hall–Kier alpha value is -3.18. The van der Waals surface area contributed by atoms with Crippen LogP contribution in [0.15, 0.2) is 9.59 Å². The number of thiophene rings is 1. The van der Waals surface area contributed by atoms with Gasteiger partial charge in [-0.3, -0.25) is 24.0 Å². The highest BCUT2D eigenvalue weighted by Crippen LogP contribution is 2.43. The molecule has 0 aromatic carbocycles. The topological polar surface area (TPSA) is 126 Å². The summed E-state index contributed by atoms with van der Waals surface area (Å²) in [5.74, 6) is -1.25. The fraction of sp³-hybridized carbons (Fsp3) is 0.478. The van der Waals surface area contributed by atoms with Crippen LogP contribution in [0.4, 0.5) is 0 Å². The highest BCUT2D eigenvalue weighted by atomic mass is 32.1. The van der Waals surface area contributed by atoms with Gasteiger partial charge in [0.05, 0.1) is 30.7 Å². The predicted octanol–water partition coefficient (Wildman–Crippen LogP) is 2.83.